The molecule has 2 N–H and O–H groups in total. The highest BCUT2D eigenvalue weighted by Crippen LogP contribution is 2.48. The number of nitrogens with one attached hydrogen (secondary N) is 2. The summed E-state index contributed by atoms with van der Waals surface area (Å²) in [4.78, 5) is 4.26. The smallest absolute Gasteiger partial charge is 0.191 e. The van der Waals surface area contributed by atoms with Gasteiger partial charge < -0.3 is 15.4 Å². The van der Waals surface area contributed by atoms with Gasteiger partial charge in [0.05, 0.1) is 10.9 Å². The summed E-state index contributed by atoms with van der Waals surface area (Å²) in [6.07, 6.45) is 4.57. The van der Waals surface area contributed by atoms with Crippen LogP contribution in [0.5, 0.6) is 0 Å². The van der Waals surface area contributed by atoms with Crippen molar-refractivity contribution in [3.63, 3.8) is 0 Å². The Kier molecular flexibility index (Phi) is 7.11. The SMILES string of the molecule is CCOC1CC(NC(=NC)NCC(C)(C)S(C)(=O)=O)C1(CC)CC. The van der Waals surface area contributed by atoms with E-state index in [1.807, 2.05) is 6.92 Å². The van der Waals surface area contributed by atoms with Crippen LogP contribution in [0.4, 0.5) is 0 Å². The van der Waals surface area contributed by atoms with Crippen molar-refractivity contribution in [1.82, 2.24) is 10.6 Å². The zero-order valence-electron chi connectivity index (χ0n) is 16.3. The third-order valence-electron chi connectivity index (χ3n) is 5.69. The lowest BCUT2D eigenvalue weighted by atomic mass is 9.58. The number of sulfone groups is 1. The molecule has 0 spiro atoms. The van der Waals surface area contributed by atoms with Crippen LogP contribution in [0, 0.1) is 5.41 Å². The van der Waals surface area contributed by atoms with Crippen LogP contribution in [0.15, 0.2) is 4.99 Å². The second kappa shape index (κ2) is 8.04. The van der Waals surface area contributed by atoms with E-state index in [0.29, 0.717) is 12.5 Å². The molecule has 1 aliphatic rings. The Balaban J connectivity index is 2.73. The highest BCUT2D eigenvalue weighted by molar-refractivity contribution is 7.92. The molecule has 0 radical (unpaired) electrons. The molecular formula is C17H35N3O3S. The Morgan fingerprint density at radius 2 is 1.88 bits per heavy atom. The van der Waals surface area contributed by atoms with Crippen LogP contribution < -0.4 is 10.6 Å². The van der Waals surface area contributed by atoms with Gasteiger partial charge in [-0.15, -0.1) is 0 Å². The summed E-state index contributed by atoms with van der Waals surface area (Å²) < 4.78 is 28.7. The van der Waals surface area contributed by atoms with Crippen molar-refractivity contribution in [2.24, 2.45) is 10.4 Å². The van der Waals surface area contributed by atoms with Gasteiger partial charge in [-0.3, -0.25) is 4.99 Å². The monoisotopic (exact) mass is 361 g/mol. The second-order valence-electron chi connectivity index (χ2n) is 7.27. The lowest BCUT2D eigenvalue weighted by molar-refractivity contribution is -0.133. The molecule has 1 aliphatic carbocycles. The van der Waals surface area contributed by atoms with E-state index >= 15 is 0 Å². The third kappa shape index (κ3) is 4.23. The highest BCUT2D eigenvalue weighted by atomic mass is 32.2. The van der Waals surface area contributed by atoms with Gasteiger partial charge >= 0.3 is 0 Å². The quantitative estimate of drug-likeness (QED) is 0.510. The van der Waals surface area contributed by atoms with Crippen LogP contribution in [0.25, 0.3) is 0 Å². The first-order valence-electron chi connectivity index (χ1n) is 8.86. The van der Waals surface area contributed by atoms with Crippen molar-refractivity contribution in [1.29, 1.82) is 0 Å². The molecule has 2 unspecified atom stereocenters. The fourth-order valence-electron chi connectivity index (χ4n) is 3.37. The predicted octanol–water partition coefficient (Wildman–Crippen LogP) is 1.96. The van der Waals surface area contributed by atoms with Gasteiger partial charge in [0, 0.05) is 37.9 Å². The van der Waals surface area contributed by atoms with E-state index in [9.17, 15) is 8.42 Å². The summed E-state index contributed by atoms with van der Waals surface area (Å²) in [5, 5.41) is 6.64. The highest BCUT2D eigenvalue weighted by Gasteiger charge is 2.53. The van der Waals surface area contributed by atoms with Crippen LogP contribution in [0.1, 0.15) is 53.9 Å². The zero-order valence-corrected chi connectivity index (χ0v) is 17.1. The van der Waals surface area contributed by atoms with E-state index in [0.717, 1.165) is 25.9 Å². The molecule has 142 valence electrons. The van der Waals surface area contributed by atoms with Gasteiger partial charge in [0.25, 0.3) is 0 Å². The molecule has 2 atom stereocenters. The van der Waals surface area contributed by atoms with Crippen molar-refractivity contribution in [2.75, 3.05) is 26.5 Å². The Bertz CT molecular complexity index is 539. The largest absolute Gasteiger partial charge is 0.378 e. The van der Waals surface area contributed by atoms with E-state index in [1.165, 1.54) is 6.26 Å². The third-order valence-corrected chi connectivity index (χ3v) is 7.84. The minimum Gasteiger partial charge on any atom is -0.378 e. The van der Waals surface area contributed by atoms with Crippen LogP contribution >= 0.6 is 0 Å². The number of rotatable bonds is 8. The zero-order chi connectivity index (χ0) is 18.6. The minimum absolute atomic E-state index is 0.111. The number of hydrogen-bond donors (Lipinski definition) is 2. The number of aliphatic imine (C=N–C) groups is 1. The number of nitrogens with zero attached hydrogens (tertiary/aromatic N) is 1. The molecule has 1 saturated carbocycles. The lowest BCUT2D eigenvalue weighted by Gasteiger charge is -2.55. The van der Waals surface area contributed by atoms with Crippen LogP contribution in [0.2, 0.25) is 0 Å². The summed E-state index contributed by atoms with van der Waals surface area (Å²) in [6, 6.07) is 0.289. The van der Waals surface area contributed by atoms with E-state index in [1.54, 1.807) is 20.9 Å². The van der Waals surface area contributed by atoms with Gasteiger partial charge in [-0.2, -0.15) is 0 Å². The number of guanidine groups is 1. The van der Waals surface area contributed by atoms with E-state index < -0.39 is 14.6 Å². The molecule has 1 rings (SSSR count). The maximum absolute atomic E-state index is 11.8. The first-order valence-corrected chi connectivity index (χ1v) is 10.8. The summed E-state index contributed by atoms with van der Waals surface area (Å²) >= 11 is 0. The topological polar surface area (TPSA) is 79.8 Å². The Labute approximate surface area is 147 Å². The molecule has 6 nitrogen and oxygen atoms in total. The molecule has 0 heterocycles. The summed E-state index contributed by atoms with van der Waals surface area (Å²) in [6.45, 7) is 10.9. The van der Waals surface area contributed by atoms with Crippen molar-refractivity contribution in [3.8, 4) is 0 Å². The molecule has 0 saturated heterocycles. The summed E-state index contributed by atoms with van der Waals surface area (Å²) in [5.41, 5.74) is 0.111. The molecule has 0 amide bonds. The molecule has 0 bridgehead atoms. The van der Waals surface area contributed by atoms with Gasteiger partial charge in [0.15, 0.2) is 15.8 Å². The molecule has 0 aliphatic heterocycles. The molecule has 1 fully saturated rings. The van der Waals surface area contributed by atoms with Gasteiger partial charge in [-0.25, -0.2) is 8.42 Å². The van der Waals surface area contributed by atoms with Crippen LogP contribution in [-0.2, 0) is 14.6 Å². The molecule has 7 heteroatoms. The maximum atomic E-state index is 11.8. The van der Waals surface area contributed by atoms with Crippen molar-refractivity contribution in [2.45, 2.75) is 70.8 Å². The normalized spacial score (nSPS) is 24.4. The van der Waals surface area contributed by atoms with E-state index in [2.05, 4.69) is 29.5 Å². The van der Waals surface area contributed by atoms with Crippen LogP contribution in [0.3, 0.4) is 0 Å². The minimum atomic E-state index is -3.14. The van der Waals surface area contributed by atoms with E-state index in [4.69, 9.17) is 4.74 Å². The van der Waals surface area contributed by atoms with Gasteiger partial charge in [-0.05, 0) is 40.0 Å². The predicted molar refractivity (Wildman–Crippen MR) is 100 cm³/mol. The maximum Gasteiger partial charge on any atom is 0.191 e. The Morgan fingerprint density at radius 1 is 1.29 bits per heavy atom. The fourth-order valence-corrected chi connectivity index (χ4v) is 3.71. The molecule has 24 heavy (non-hydrogen) atoms. The Morgan fingerprint density at radius 3 is 2.29 bits per heavy atom. The van der Waals surface area contributed by atoms with Crippen molar-refractivity contribution >= 4 is 15.8 Å². The molecule has 0 aromatic carbocycles. The first-order chi connectivity index (χ1) is 11.1. The van der Waals surface area contributed by atoms with Crippen LogP contribution in [-0.4, -0.2) is 57.7 Å². The summed E-state index contributed by atoms with van der Waals surface area (Å²) in [7, 11) is -1.43. The second-order valence-corrected chi connectivity index (χ2v) is 9.92. The fraction of sp³-hybridized carbons (Fsp3) is 0.941. The van der Waals surface area contributed by atoms with Gasteiger partial charge in [0.2, 0.25) is 0 Å². The van der Waals surface area contributed by atoms with Gasteiger partial charge in [-0.1, -0.05) is 13.8 Å². The van der Waals surface area contributed by atoms with Gasteiger partial charge in [0.1, 0.15) is 0 Å². The molecule has 0 aromatic rings. The standard InChI is InChI=1S/C17H35N3O3S/c1-8-17(9-2)13(11-14(17)23-10-3)20-15(18-6)19-12-16(4,5)24(7,21)22/h13-14H,8-12H2,1-7H3,(H2,18,19,20). The number of hydrogen-bond acceptors (Lipinski definition) is 4. The van der Waals surface area contributed by atoms with E-state index in [-0.39, 0.29) is 17.6 Å². The Hall–Kier alpha value is -0.820. The molecule has 0 aromatic heterocycles. The number of ether oxygens (including phenoxy) is 1. The average molecular weight is 362 g/mol. The first kappa shape index (κ1) is 21.2. The molecular weight excluding hydrogens is 326 g/mol. The summed E-state index contributed by atoms with van der Waals surface area (Å²) in [5.74, 6) is 0.651. The lowest BCUT2D eigenvalue weighted by Crippen LogP contribution is -2.66. The average Bonchev–Trinajstić information content (AvgIpc) is 2.49. The van der Waals surface area contributed by atoms with Crippen molar-refractivity contribution in [3.05, 3.63) is 0 Å². The van der Waals surface area contributed by atoms with Crippen molar-refractivity contribution < 1.29 is 13.2 Å².